The Balaban J connectivity index is 1.58. The minimum Gasteiger partial charge on any atom is -0.461 e. The first-order valence-corrected chi connectivity index (χ1v) is 8.45. The zero-order chi connectivity index (χ0) is 17.2. The highest BCUT2D eigenvalue weighted by atomic mass is 16.5. The van der Waals surface area contributed by atoms with Crippen molar-refractivity contribution in [2.75, 3.05) is 6.54 Å². The standard InChI is InChI=1S/C18H25N3O3/c19-16(21-18(23)15-9-6-12-20-15)10-4-5-11-17(22)24-13-14-7-2-1-3-8-14/h1-3,7-8,15,20H,4-6,9-13H2,(H2,19,21,23)/t15-/m0/s1. The lowest BCUT2D eigenvalue weighted by atomic mass is 10.2. The highest BCUT2D eigenvalue weighted by Gasteiger charge is 2.21. The van der Waals surface area contributed by atoms with E-state index >= 15 is 0 Å². The molecule has 3 N–H and O–H groups in total. The van der Waals surface area contributed by atoms with Crippen LogP contribution in [-0.4, -0.2) is 30.3 Å². The van der Waals surface area contributed by atoms with Gasteiger partial charge < -0.3 is 15.8 Å². The second-order valence-corrected chi connectivity index (χ2v) is 5.94. The minimum atomic E-state index is -0.222. The van der Waals surface area contributed by atoms with Crippen LogP contribution in [0.25, 0.3) is 0 Å². The molecule has 0 spiro atoms. The van der Waals surface area contributed by atoms with E-state index in [4.69, 9.17) is 10.5 Å². The number of ether oxygens (including phenoxy) is 1. The lowest BCUT2D eigenvalue weighted by Crippen LogP contribution is -2.31. The van der Waals surface area contributed by atoms with Crippen LogP contribution in [0.15, 0.2) is 35.3 Å². The van der Waals surface area contributed by atoms with Crippen LogP contribution < -0.4 is 11.1 Å². The van der Waals surface area contributed by atoms with Gasteiger partial charge in [-0.25, -0.2) is 0 Å². The Morgan fingerprint density at radius 3 is 2.67 bits per heavy atom. The molecule has 1 aliphatic rings. The molecule has 0 radical (unpaired) electrons. The summed E-state index contributed by atoms with van der Waals surface area (Å²) in [6.45, 7) is 1.16. The molecule has 1 aliphatic heterocycles. The number of benzene rings is 1. The van der Waals surface area contributed by atoms with Crippen LogP contribution in [0.5, 0.6) is 0 Å². The Bertz CT molecular complexity index is 566. The molecule has 24 heavy (non-hydrogen) atoms. The highest BCUT2D eigenvalue weighted by molar-refractivity contribution is 5.96. The van der Waals surface area contributed by atoms with E-state index in [2.05, 4.69) is 10.3 Å². The van der Waals surface area contributed by atoms with Crippen molar-refractivity contribution in [1.82, 2.24) is 5.32 Å². The zero-order valence-electron chi connectivity index (χ0n) is 13.9. The molecular weight excluding hydrogens is 306 g/mol. The first-order chi connectivity index (χ1) is 11.6. The van der Waals surface area contributed by atoms with Gasteiger partial charge in [-0.3, -0.25) is 9.59 Å². The normalized spacial score (nSPS) is 17.7. The quantitative estimate of drug-likeness (QED) is 0.328. The molecule has 0 saturated carbocycles. The number of unbranched alkanes of at least 4 members (excludes halogenated alkanes) is 1. The van der Waals surface area contributed by atoms with Gasteiger partial charge in [-0.05, 0) is 37.8 Å². The lowest BCUT2D eigenvalue weighted by molar-refractivity contribution is -0.145. The fourth-order valence-electron chi connectivity index (χ4n) is 2.56. The summed E-state index contributed by atoms with van der Waals surface area (Å²) in [4.78, 5) is 27.4. The number of amidine groups is 1. The summed E-state index contributed by atoms with van der Waals surface area (Å²) in [5.41, 5.74) is 6.75. The molecule has 1 fully saturated rings. The third-order valence-electron chi connectivity index (χ3n) is 3.92. The van der Waals surface area contributed by atoms with Crippen molar-refractivity contribution >= 4 is 17.7 Å². The number of hydrogen-bond acceptors (Lipinski definition) is 4. The van der Waals surface area contributed by atoms with E-state index in [1.54, 1.807) is 0 Å². The van der Waals surface area contributed by atoms with Crippen molar-refractivity contribution in [3.05, 3.63) is 35.9 Å². The summed E-state index contributed by atoms with van der Waals surface area (Å²) in [6, 6.07) is 9.39. The van der Waals surface area contributed by atoms with Crippen molar-refractivity contribution in [3.8, 4) is 0 Å². The number of esters is 1. The van der Waals surface area contributed by atoms with E-state index in [0.717, 1.165) is 24.9 Å². The average Bonchev–Trinajstić information content (AvgIpc) is 3.12. The third kappa shape index (κ3) is 6.50. The summed E-state index contributed by atoms with van der Waals surface area (Å²) in [7, 11) is 0. The van der Waals surface area contributed by atoms with Crippen LogP contribution in [0.3, 0.4) is 0 Å². The maximum Gasteiger partial charge on any atom is 0.306 e. The molecule has 1 heterocycles. The SMILES string of the molecule is NC(CCCCC(=O)OCc1ccccc1)=NC(=O)[C@@H]1CCCN1. The van der Waals surface area contributed by atoms with Crippen LogP contribution in [0.1, 0.15) is 44.1 Å². The smallest absolute Gasteiger partial charge is 0.306 e. The molecule has 1 amide bonds. The Morgan fingerprint density at radius 1 is 1.21 bits per heavy atom. The monoisotopic (exact) mass is 331 g/mol. The van der Waals surface area contributed by atoms with E-state index in [9.17, 15) is 9.59 Å². The Morgan fingerprint density at radius 2 is 1.96 bits per heavy atom. The topological polar surface area (TPSA) is 93.8 Å². The first kappa shape index (κ1) is 18.1. The van der Waals surface area contributed by atoms with E-state index in [1.165, 1.54) is 0 Å². The van der Waals surface area contributed by atoms with Crippen molar-refractivity contribution < 1.29 is 14.3 Å². The summed E-state index contributed by atoms with van der Waals surface area (Å²) < 4.78 is 5.20. The number of hydrogen-bond donors (Lipinski definition) is 2. The predicted molar refractivity (Wildman–Crippen MR) is 92.4 cm³/mol. The van der Waals surface area contributed by atoms with Gasteiger partial charge in [-0.15, -0.1) is 0 Å². The second-order valence-electron chi connectivity index (χ2n) is 5.94. The van der Waals surface area contributed by atoms with Crippen molar-refractivity contribution in [1.29, 1.82) is 0 Å². The van der Waals surface area contributed by atoms with Gasteiger partial charge in [-0.2, -0.15) is 4.99 Å². The predicted octanol–water partition coefficient (Wildman–Crippen LogP) is 1.93. The van der Waals surface area contributed by atoms with Gasteiger partial charge >= 0.3 is 5.97 Å². The molecule has 1 atom stereocenters. The molecule has 2 rings (SSSR count). The molecule has 0 bridgehead atoms. The lowest BCUT2D eigenvalue weighted by Gasteiger charge is -2.06. The summed E-state index contributed by atoms with van der Waals surface area (Å²) in [5, 5.41) is 3.10. The van der Waals surface area contributed by atoms with E-state index in [1.807, 2.05) is 30.3 Å². The van der Waals surface area contributed by atoms with Crippen LogP contribution >= 0.6 is 0 Å². The van der Waals surface area contributed by atoms with Gasteiger partial charge in [0.05, 0.1) is 6.04 Å². The van der Waals surface area contributed by atoms with Gasteiger partial charge in [0.2, 0.25) is 0 Å². The van der Waals surface area contributed by atoms with Crippen LogP contribution in [0, 0.1) is 0 Å². The highest BCUT2D eigenvalue weighted by Crippen LogP contribution is 2.08. The molecule has 1 saturated heterocycles. The molecule has 1 aromatic carbocycles. The van der Waals surface area contributed by atoms with Gasteiger partial charge in [0, 0.05) is 12.8 Å². The Kier molecular flexibility index (Phi) is 7.42. The molecular formula is C18H25N3O3. The third-order valence-corrected chi connectivity index (χ3v) is 3.92. The van der Waals surface area contributed by atoms with Gasteiger partial charge in [0.25, 0.3) is 5.91 Å². The molecule has 1 aromatic rings. The van der Waals surface area contributed by atoms with Gasteiger partial charge in [0.1, 0.15) is 12.4 Å². The number of nitrogens with one attached hydrogen (secondary N) is 1. The van der Waals surface area contributed by atoms with E-state index < -0.39 is 0 Å². The number of amides is 1. The minimum absolute atomic E-state index is 0.184. The zero-order valence-corrected chi connectivity index (χ0v) is 13.9. The van der Waals surface area contributed by atoms with Crippen molar-refractivity contribution in [3.63, 3.8) is 0 Å². The fraction of sp³-hybridized carbons (Fsp3) is 0.500. The largest absolute Gasteiger partial charge is 0.461 e. The Labute approximate surface area is 142 Å². The summed E-state index contributed by atoms with van der Waals surface area (Å²) >= 11 is 0. The number of nitrogens with zero attached hydrogens (tertiary/aromatic N) is 1. The maximum absolute atomic E-state index is 11.8. The van der Waals surface area contributed by atoms with Crippen molar-refractivity contribution in [2.24, 2.45) is 10.7 Å². The fourth-order valence-corrected chi connectivity index (χ4v) is 2.56. The average molecular weight is 331 g/mol. The van der Waals surface area contributed by atoms with Crippen LogP contribution in [-0.2, 0) is 20.9 Å². The number of aliphatic imine (C=N–C) groups is 1. The number of carbonyl (C=O) groups is 2. The maximum atomic E-state index is 11.8. The van der Waals surface area contributed by atoms with Gasteiger partial charge in [-0.1, -0.05) is 30.3 Å². The van der Waals surface area contributed by atoms with Crippen LogP contribution in [0.2, 0.25) is 0 Å². The number of carbonyl (C=O) groups excluding carboxylic acids is 2. The molecule has 6 nitrogen and oxygen atoms in total. The molecule has 6 heteroatoms. The molecule has 0 aromatic heterocycles. The molecule has 0 aliphatic carbocycles. The van der Waals surface area contributed by atoms with Crippen LogP contribution in [0.4, 0.5) is 0 Å². The Hall–Kier alpha value is -2.21. The number of nitrogens with two attached hydrogens (primary N) is 1. The summed E-state index contributed by atoms with van der Waals surface area (Å²) in [6.07, 6.45) is 4.06. The molecule has 130 valence electrons. The second kappa shape index (κ2) is 9.82. The van der Waals surface area contributed by atoms with Gasteiger partial charge in [0.15, 0.2) is 0 Å². The summed E-state index contributed by atoms with van der Waals surface area (Å²) in [5.74, 6) is -0.0702. The van der Waals surface area contributed by atoms with E-state index in [-0.39, 0.29) is 17.9 Å². The molecule has 0 unspecified atom stereocenters. The van der Waals surface area contributed by atoms with E-state index in [0.29, 0.717) is 38.1 Å². The first-order valence-electron chi connectivity index (χ1n) is 8.45. The number of rotatable bonds is 8. The van der Waals surface area contributed by atoms with Crippen molar-refractivity contribution in [2.45, 2.75) is 51.2 Å².